The van der Waals surface area contributed by atoms with E-state index in [-0.39, 0.29) is 6.03 Å². The minimum atomic E-state index is -0.606. The van der Waals surface area contributed by atoms with Gasteiger partial charge in [-0.15, -0.1) is 0 Å². The van der Waals surface area contributed by atoms with Gasteiger partial charge in [-0.2, -0.15) is 0 Å². The predicted octanol–water partition coefficient (Wildman–Crippen LogP) is 2.72. The number of nitrogens with one attached hydrogen (secondary N) is 2. The van der Waals surface area contributed by atoms with E-state index in [9.17, 15) is 9.59 Å². The SMILES string of the molecule is CC1=C(C(=O)OC(C)(C)C)C(c2ccc(N(C)C)cc2)NC(=O)N1. The monoisotopic (exact) mass is 331 g/mol. The highest BCUT2D eigenvalue weighted by atomic mass is 16.6. The second kappa shape index (κ2) is 6.55. The summed E-state index contributed by atoms with van der Waals surface area (Å²) in [4.78, 5) is 26.5. The summed E-state index contributed by atoms with van der Waals surface area (Å²) in [5, 5.41) is 5.45. The van der Waals surface area contributed by atoms with Crippen LogP contribution in [0.2, 0.25) is 0 Å². The smallest absolute Gasteiger partial charge is 0.338 e. The molecule has 1 aromatic carbocycles. The third-order valence-corrected chi connectivity index (χ3v) is 3.63. The molecule has 130 valence electrons. The topological polar surface area (TPSA) is 70.7 Å². The Labute approximate surface area is 142 Å². The van der Waals surface area contributed by atoms with Gasteiger partial charge in [0.2, 0.25) is 0 Å². The maximum Gasteiger partial charge on any atom is 0.338 e. The second-order valence-electron chi connectivity index (χ2n) is 7.06. The molecular weight excluding hydrogens is 306 g/mol. The van der Waals surface area contributed by atoms with Gasteiger partial charge in [0.15, 0.2) is 0 Å². The molecule has 1 unspecified atom stereocenters. The summed E-state index contributed by atoms with van der Waals surface area (Å²) in [6.07, 6.45) is 0. The number of carbonyl (C=O) groups is 2. The zero-order valence-electron chi connectivity index (χ0n) is 15.1. The van der Waals surface area contributed by atoms with Gasteiger partial charge in [0.1, 0.15) is 5.60 Å². The predicted molar refractivity (Wildman–Crippen MR) is 93.7 cm³/mol. The lowest BCUT2D eigenvalue weighted by molar-refractivity contribution is -0.150. The van der Waals surface area contributed by atoms with Gasteiger partial charge in [-0.25, -0.2) is 9.59 Å². The Morgan fingerprint density at radius 3 is 2.25 bits per heavy atom. The van der Waals surface area contributed by atoms with E-state index in [0.29, 0.717) is 11.3 Å². The zero-order chi connectivity index (χ0) is 18.1. The molecular formula is C18H25N3O3. The van der Waals surface area contributed by atoms with Gasteiger partial charge in [0.05, 0.1) is 11.6 Å². The standard InChI is InChI=1S/C18H25N3O3/c1-11-14(16(22)24-18(2,3)4)15(20-17(23)19-11)12-7-9-13(10-8-12)21(5)6/h7-10,15H,1-6H3,(H2,19,20,23). The molecule has 1 aromatic rings. The largest absolute Gasteiger partial charge is 0.456 e. The van der Waals surface area contributed by atoms with Gasteiger partial charge in [0.25, 0.3) is 0 Å². The van der Waals surface area contributed by atoms with E-state index < -0.39 is 17.6 Å². The van der Waals surface area contributed by atoms with E-state index >= 15 is 0 Å². The maximum atomic E-state index is 12.6. The molecule has 1 atom stereocenters. The number of allylic oxidation sites excluding steroid dienone is 1. The van der Waals surface area contributed by atoms with Crippen LogP contribution in [0.25, 0.3) is 0 Å². The molecule has 0 aromatic heterocycles. The molecule has 6 nitrogen and oxygen atoms in total. The van der Waals surface area contributed by atoms with Crippen molar-refractivity contribution in [3.05, 3.63) is 41.1 Å². The van der Waals surface area contributed by atoms with Crippen LogP contribution in [-0.2, 0) is 9.53 Å². The minimum Gasteiger partial charge on any atom is -0.456 e. The van der Waals surface area contributed by atoms with Crippen molar-refractivity contribution in [3.8, 4) is 0 Å². The number of hydrogen-bond donors (Lipinski definition) is 2. The normalized spacial score (nSPS) is 17.9. The summed E-state index contributed by atoms with van der Waals surface area (Å²) in [6.45, 7) is 7.16. The van der Waals surface area contributed by atoms with Crippen molar-refractivity contribution < 1.29 is 14.3 Å². The minimum absolute atomic E-state index is 0.332. The van der Waals surface area contributed by atoms with E-state index in [4.69, 9.17) is 4.74 Å². The van der Waals surface area contributed by atoms with Crippen LogP contribution in [0.4, 0.5) is 10.5 Å². The molecule has 1 aliphatic heterocycles. The average molecular weight is 331 g/mol. The lowest BCUT2D eigenvalue weighted by atomic mass is 9.95. The summed E-state index contributed by atoms with van der Waals surface area (Å²) in [5.41, 5.74) is 2.19. The number of anilines is 1. The summed E-state index contributed by atoms with van der Waals surface area (Å²) >= 11 is 0. The van der Waals surface area contributed by atoms with Crippen molar-refractivity contribution >= 4 is 17.7 Å². The van der Waals surface area contributed by atoms with Crippen molar-refractivity contribution in [1.29, 1.82) is 0 Å². The first kappa shape index (κ1) is 17.8. The Morgan fingerprint density at radius 1 is 1.17 bits per heavy atom. The van der Waals surface area contributed by atoms with Gasteiger partial charge in [0, 0.05) is 25.5 Å². The van der Waals surface area contributed by atoms with E-state index in [2.05, 4.69) is 10.6 Å². The van der Waals surface area contributed by atoms with Crippen LogP contribution in [0.3, 0.4) is 0 Å². The molecule has 2 amide bonds. The van der Waals surface area contributed by atoms with Gasteiger partial charge >= 0.3 is 12.0 Å². The molecule has 0 aliphatic carbocycles. The maximum absolute atomic E-state index is 12.6. The van der Waals surface area contributed by atoms with Crippen LogP contribution in [-0.4, -0.2) is 31.7 Å². The van der Waals surface area contributed by atoms with Crippen LogP contribution in [0.15, 0.2) is 35.5 Å². The highest BCUT2D eigenvalue weighted by Gasteiger charge is 2.33. The molecule has 1 aliphatic rings. The molecule has 0 saturated heterocycles. The number of amides is 2. The second-order valence-corrected chi connectivity index (χ2v) is 7.06. The Bertz CT molecular complexity index is 670. The molecule has 0 bridgehead atoms. The van der Waals surface area contributed by atoms with Crippen molar-refractivity contribution in [2.45, 2.75) is 39.3 Å². The number of urea groups is 1. The Balaban J connectivity index is 2.39. The summed E-state index contributed by atoms with van der Waals surface area (Å²) < 4.78 is 5.50. The van der Waals surface area contributed by atoms with Gasteiger partial charge < -0.3 is 20.3 Å². The van der Waals surface area contributed by atoms with Gasteiger partial charge in [-0.1, -0.05) is 12.1 Å². The van der Waals surface area contributed by atoms with Crippen LogP contribution in [0.1, 0.15) is 39.3 Å². The highest BCUT2D eigenvalue weighted by Crippen LogP contribution is 2.29. The number of benzene rings is 1. The first-order chi connectivity index (χ1) is 11.1. The molecule has 2 N–H and O–H groups in total. The quantitative estimate of drug-likeness (QED) is 0.836. The third kappa shape index (κ3) is 4.07. The number of rotatable bonds is 3. The Hall–Kier alpha value is -2.50. The molecule has 2 rings (SSSR count). The number of ether oxygens (including phenoxy) is 1. The summed E-state index contributed by atoms with van der Waals surface area (Å²) in [6, 6.07) is 6.84. The number of carbonyl (C=O) groups excluding carboxylic acids is 2. The first-order valence-electron chi connectivity index (χ1n) is 7.87. The van der Waals surface area contributed by atoms with E-state index in [1.54, 1.807) is 6.92 Å². The lowest BCUT2D eigenvalue weighted by Gasteiger charge is -2.30. The van der Waals surface area contributed by atoms with Crippen LogP contribution in [0.5, 0.6) is 0 Å². The average Bonchev–Trinajstić information content (AvgIpc) is 2.44. The Morgan fingerprint density at radius 2 is 1.75 bits per heavy atom. The summed E-state index contributed by atoms with van der Waals surface area (Å²) in [5.74, 6) is -0.436. The fourth-order valence-electron chi connectivity index (χ4n) is 2.51. The van der Waals surface area contributed by atoms with Crippen LogP contribution >= 0.6 is 0 Å². The van der Waals surface area contributed by atoms with E-state index in [1.807, 2.05) is 64.0 Å². The van der Waals surface area contributed by atoms with Crippen molar-refractivity contribution in [1.82, 2.24) is 10.6 Å². The fraction of sp³-hybridized carbons (Fsp3) is 0.444. The molecule has 0 saturated carbocycles. The molecule has 0 radical (unpaired) electrons. The van der Waals surface area contributed by atoms with E-state index in [0.717, 1.165) is 11.3 Å². The van der Waals surface area contributed by atoms with Crippen LogP contribution < -0.4 is 15.5 Å². The van der Waals surface area contributed by atoms with Crippen molar-refractivity contribution in [2.24, 2.45) is 0 Å². The van der Waals surface area contributed by atoms with Crippen molar-refractivity contribution in [2.75, 3.05) is 19.0 Å². The molecule has 0 fully saturated rings. The number of esters is 1. The first-order valence-corrected chi connectivity index (χ1v) is 7.87. The molecule has 0 spiro atoms. The lowest BCUT2D eigenvalue weighted by Crippen LogP contribution is -2.46. The van der Waals surface area contributed by atoms with Crippen molar-refractivity contribution in [3.63, 3.8) is 0 Å². The zero-order valence-corrected chi connectivity index (χ0v) is 15.1. The summed E-state index contributed by atoms with van der Waals surface area (Å²) in [7, 11) is 3.91. The number of nitrogens with zero attached hydrogens (tertiary/aromatic N) is 1. The van der Waals surface area contributed by atoms with E-state index in [1.165, 1.54) is 0 Å². The molecule has 1 heterocycles. The van der Waals surface area contributed by atoms with Gasteiger partial charge in [-0.05, 0) is 45.4 Å². The Kier molecular flexibility index (Phi) is 4.87. The molecule has 24 heavy (non-hydrogen) atoms. The third-order valence-electron chi connectivity index (χ3n) is 3.63. The van der Waals surface area contributed by atoms with Gasteiger partial charge in [-0.3, -0.25) is 0 Å². The number of hydrogen-bond acceptors (Lipinski definition) is 4. The van der Waals surface area contributed by atoms with Crippen LogP contribution in [0, 0.1) is 0 Å². The highest BCUT2D eigenvalue weighted by molar-refractivity contribution is 5.95. The molecule has 6 heteroatoms. The fourth-order valence-corrected chi connectivity index (χ4v) is 2.51.